The maximum Gasteiger partial charge on any atom is 0.119 e. The molecule has 0 saturated carbocycles. The van der Waals surface area contributed by atoms with E-state index in [2.05, 4.69) is 10.3 Å². The van der Waals surface area contributed by atoms with Crippen LogP contribution in [0.2, 0.25) is 0 Å². The first-order valence-corrected chi connectivity index (χ1v) is 7.34. The zero-order chi connectivity index (χ0) is 14.5. The number of hydrogen-bond donors (Lipinski definition) is 1. The molecule has 0 spiro atoms. The number of rotatable bonds is 4. The first-order chi connectivity index (χ1) is 10.4. The summed E-state index contributed by atoms with van der Waals surface area (Å²) in [5, 5.41) is 3.42. The van der Waals surface area contributed by atoms with Crippen molar-refractivity contribution in [2.75, 3.05) is 19.0 Å². The second kappa shape index (κ2) is 6.59. The Labute approximate surface area is 125 Å². The van der Waals surface area contributed by atoms with Crippen molar-refractivity contribution in [3.8, 4) is 5.75 Å². The van der Waals surface area contributed by atoms with Gasteiger partial charge in [-0.15, -0.1) is 0 Å². The predicted octanol–water partition coefficient (Wildman–Crippen LogP) is 4.08. The Balaban J connectivity index is 1.80. The highest BCUT2D eigenvalue weighted by molar-refractivity contribution is 5.62. The number of methoxy groups -OCH3 is 1. The van der Waals surface area contributed by atoms with E-state index >= 15 is 0 Å². The zero-order valence-electron chi connectivity index (χ0n) is 12.2. The lowest BCUT2D eigenvalue weighted by Crippen LogP contribution is -2.14. The second-order valence-electron chi connectivity index (χ2n) is 5.14. The van der Waals surface area contributed by atoms with Crippen molar-refractivity contribution in [1.82, 2.24) is 4.98 Å². The molecule has 4 heteroatoms. The molecule has 1 atom stereocenters. The Bertz CT molecular complexity index is 578. The molecule has 2 heterocycles. The number of pyridine rings is 1. The number of ether oxygens (including phenoxy) is 2. The predicted molar refractivity (Wildman–Crippen MR) is 83.1 cm³/mol. The van der Waals surface area contributed by atoms with Crippen LogP contribution in [0.15, 0.2) is 42.6 Å². The standard InChI is InChI=1S/C17H20N2O2/c1-20-14-9-7-13(8-10-14)19-15-5-4-11-18-17(15)16-6-2-3-12-21-16/h4-5,7-11,16,19H,2-3,6,12H2,1H3. The van der Waals surface area contributed by atoms with Crippen molar-refractivity contribution in [3.05, 3.63) is 48.3 Å². The summed E-state index contributed by atoms with van der Waals surface area (Å²) < 4.78 is 11.0. The topological polar surface area (TPSA) is 43.4 Å². The monoisotopic (exact) mass is 284 g/mol. The molecule has 3 rings (SSSR count). The van der Waals surface area contributed by atoms with Crippen LogP contribution in [0.5, 0.6) is 5.75 Å². The van der Waals surface area contributed by atoms with E-state index in [4.69, 9.17) is 9.47 Å². The smallest absolute Gasteiger partial charge is 0.119 e. The third kappa shape index (κ3) is 3.34. The van der Waals surface area contributed by atoms with Crippen molar-refractivity contribution in [3.63, 3.8) is 0 Å². The summed E-state index contributed by atoms with van der Waals surface area (Å²) in [6.07, 6.45) is 5.30. The van der Waals surface area contributed by atoms with E-state index in [-0.39, 0.29) is 6.10 Å². The van der Waals surface area contributed by atoms with E-state index in [1.165, 1.54) is 6.42 Å². The molecule has 1 aromatic carbocycles. The van der Waals surface area contributed by atoms with Gasteiger partial charge in [0.1, 0.15) is 11.9 Å². The van der Waals surface area contributed by atoms with Crippen LogP contribution >= 0.6 is 0 Å². The number of hydrogen-bond acceptors (Lipinski definition) is 4. The lowest BCUT2D eigenvalue weighted by Gasteiger charge is -2.24. The van der Waals surface area contributed by atoms with Gasteiger partial charge in [-0.3, -0.25) is 4.98 Å². The van der Waals surface area contributed by atoms with Gasteiger partial charge in [0.25, 0.3) is 0 Å². The fourth-order valence-electron chi connectivity index (χ4n) is 2.57. The van der Waals surface area contributed by atoms with E-state index in [1.807, 2.05) is 42.6 Å². The maximum atomic E-state index is 5.86. The SMILES string of the molecule is COc1ccc(Nc2cccnc2C2CCCCO2)cc1. The van der Waals surface area contributed by atoms with Crippen LogP contribution in [0.25, 0.3) is 0 Å². The van der Waals surface area contributed by atoms with Gasteiger partial charge in [-0.2, -0.15) is 0 Å². The van der Waals surface area contributed by atoms with Gasteiger partial charge in [0.2, 0.25) is 0 Å². The van der Waals surface area contributed by atoms with Gasteiger partial charge in [-0.1, -0.05) is 0 Å². The van der Waals surface area contributed by atoms with Crippen molar-refractivity contribution < 1.29 is 9.47 Å². The highest BCUT2D eigenvalue weighted by Gasteiger charge is 2.20. The molecule has 21 heavy (non-hydrogen) atoms. The largest absolute Gasteiger partial charge is 0.497 e. The van der Waals surface area contributed by atoms with E-state index in [0.29, 0.717) is 0 Å². The van der Waals surface area contributed by atoms with Gasteiger partial charge < -0.3 is 14.8 Å². The zero-order valence-corrected chi connectivity index (χ0v) is 12.2. The van der Waals surface area contributed by atoms with Crippen LogP contribution in [-0.4, -0.2) is 18.7 Å². The van der Waals surface area contributed by atoms with Crippen LogP contribution < -0.4 is 10.1 Å². The molecule has 1 aliphatic heterocycles. The molecular formula is C17H20N2O2. The Hall–Kier alpha value is -2.07. The highest BCUT2D eigenvalue weighted by Crippen LogP contribution is 2.32. The van der Waals surface area contributed by atoms with Crippen LogP contribution in [0, 0.1) is 0 Å². The summed E-state index contributed by atoms with van der Waals surface area (Å²) in [6, 6.07) is 11.9. The van der Waals surface area contributed by atoms with Crippen molar-refractivity contribution >= 4 is 11.4 Å². The molecule has 0 radical (unpaired) electrons. The number of anilines is 2. The maximum absolute atomic E-state index is 5.86. The summed E-state index contributed by atoms with van der Waals surface area (Å²) in [4.78, 5) is 4.52. The molecule has 1 aliphatic rings. The number of nitrogens with zero attached hydrogens (tertiary/aromatic N) is 1. The fourth-order valence-corrected chi connectivity index (χ4v) is 2.57. The third-order valence-electron chi connectivity index (χ3n) is 3.69. The third-order valence-corrected chi connectivity index (χ3v) is 3.69. The lowest BCUT2D eigenvalue weighted by molar-refractivity contribution is 0.0128. The molecule has 1 aromatic heterocycles. The summed E-state index contributed by atoms with van der Waals surface area (Å²) >= 11 is 0. The normalized spacial score (nSPS) is 18.2. The van der Waals surface area contributed by atoms with E-state index < -0.39 is 0 Å². The minimum absolute atomic E-state index is 0.0979. The van der Waals surface area contributed by atoms with E-state index in [1.54, 1.807) is 7.11 Å². The Morgan fingerprint density at radius 2 is 2.05 bits per heavy atom. The molecule has 2 aromatic rings. The molecule has 1 unspecified atom stereocenters. The Morgan fingerprint density at radius 3 is 2.76 bits per heavy atom. The number of benzene rings is 1. The Kier molecular flexibility index (Phi) is 4.36. The molecule has 0 aliphatic carbocycles. The fraction of sp³-hybridized carbons (Fsp3) is 0.353. The summed E-state index contributed by atoms with van der Waals surface area (Å²) in [6.45, 7) is 0.823. The van der Waals surface area contributed by atoms with E-state index in [0.717, 1.165) is 42.3 Å². The van der Waals surface area contributed by atoms with Gasteiger partial charge in [0.15, 0.2) is 0 Å². The molecule has 1 saturated heterocycles. The minimum atomic E-state index is 0.0979. The summed E-state index contributed by atoms with van der Waals surface area (Å²) in [5.74, 6) is 0.850. The molecule has 0 amide bonds. The average molecular weight is 284 g/mol. The molecular weight excluding hydrogens is 264 g/mol. The van der Waals surface area contributed by atoms with Crippen LogP contribution in [-0.2, 0) is 4.74 Å². The first-order valence-electron chi connectivity index (χ1n) is 7.34. The van der Waals surface area contributed by atoms with Crippen LogP contribution in [0.3, 0.4) is 0 Å². The Morgan fingerprint density at radius 1 is 1.19 bits per heavy atom. The lowest BCUT2D eigenvalue weighted by atomic mass is 10.0. The van der Waals surface area contributed by atoms with Gasteiger partial charge in [-0.05, 0) is 55.7 Å². The van der Waals surface area contributed by atoms with Gasteiger partial charge in [-0.25, -0.2) is 0 Å². The average Bonchev–Trinajstić information content (AvgIpc) is 2.57. The molecule has 1 N–H and O–H groups in total. The van der Waals surface area contributed by atoms with Crippen LogP contribution in [0.1, 0.15) is 31.1 Å². The van der Waals surface area contributed by atoms with Crippen LogP contribution in [0.4, 0.5) is 11.4 Å². The summed E-state index contributed by atoms with van der Waals surface area (Å²) in [7, 11) is 1.67. The minimum Gasteiger partial charge on any atom is -0.497 e. The quantitative estimate of drug-likeness (QED) is 0.919. The molecule has 1 fully saturated rings. The van der Waals surface area contributed by atoms with Crippen molar-refractivity contribution in [2.24, 2.45) is 0 Å². The van der Waals surface area contributed by atoms with Crippen molar-refractivity contribution in [1.29, 1.82) is 0 Å². The highest BCUT2D eigenvalue weighted by atomic mass is 16.5. The van der Waals surface area contributed by atoms with Gasteiger partial charge in [0.05, 0.1) is 18.5 Å². The first kappa shape index (κ1) is 13.9. The van der Waals surface area contributed by atoms with Gasteiger partial charge in [0, 0.05) is 18.5 Å². The molecule has 110 valence electrons. The van der Waals surface area contributed by atoms with Gasteiger partial charge >= 0.3 is 0 Å². The number of nitrogens with one attached hydrogen (secondary N) is 1. The van der Waals surface area contributed by atoms with Crippen molar-refractivity contribution in [2.45, 2.75) is 25.4 Å². The number of aromatic nitrogens is 1. The summed E-state index contributed by atoms with van der Waals surface area (Å²) in [5.41, 5.74) is 3.02. The van der Waals surface area contributed by atoms with E-state index in [9.17, 15) is 0 Å². The second-order valence-corrected chi connectivity index (χ2v) is 5.14. The molecule has 4 nitrogen and oxygen atoms in total. The molecule has 0 bridgehead atoms.